The molecule has 3 aromatic rings. The van der Waals surface area contributed by atoms with Gasteiger partial charge in [0.15, 0.2) is 0 Å². The maximum Gasteiger partial charge on any atom is 0.416 e. The average Bonchev–Trinajstić information content (AvgIpc) is 2.83. The smallest absolute Gasteiger partial charge is 0.378 e. The van der Waals surface area contributed by atoms with Crippen molar-refractivity contribution < 1.29 is 27.1 Å². The molecule has 0 radical (unpaired) electrons. The summed E-state index contributed by atoms with van der Waals surface area (Å²) in [5.74, 6) is 0.0331. The first-order chi connectivity index (χ1) is 15.9. The van der Waals surface area contributed by atoms with Gasteiger partial charge in [-0.15, -0.1) is 0 Å². The van der Waals surface area contributed by atoms with Crippen LogP contribution in [0.25, 0.3) is 11.1 Å². The highest BCUT2D eigenvalue weighted by Gasteiger charge is 2.30. The molecule has 0 atom stereocenters. The maximum atomic E-state index is 14.1. The summed E-state index contributed by atoms with van der Waals surface area (Å²) in [6.45, 7) is 1.63. The predicted molar refractivity (Wildman–Crippen MR) is 117 cm³/mol. The van der Waals surface area contributed by atoms with Crippen molar-refractivity contribution in [3.63, 3.8) is 0 Å². The van der Waals surface area contributed by atoms with E-state index in [1.165, 1.54) is 18.2 Å². The first kappa shape index (κ1) is 22.7. The van der Waals surface area contributed by atoms with Gasteiger partial charge in [0.2, 0.25) is 0 Å². The Labute approximate surface area is 188 Å². The summed E-state index contributed by atoms with van der Waals surface area (Å²) in [4.78, 5) is 19.3. The standard InChI is InChI=1S/C24H21F4N3O2/c25-15-21-19(16-7-8-29-22(13-16)31-9-11-33-12-10-31)5-2-6-20(21)23(32)30-18-4-1-3-17(14-18)24(26,27)28/h1-8,13-14H,9-12,15H2,(H,30,32). The minimum atomic E-state index is -4.54. The van der Waals surface area contributed by atoms with E-state index in [-0.39, 0.29) is 16.8 Å². The van der Waals surface area contributed by atoms with Gasteiger partial charge in [-0.3, -0.25) is 4.79 Å². The van der Waals surface area contributed by atoms with Gasteiger partial charge < -0.3 is 15.0 Å². The molecule has 1 aromatic heterocycles. The molecule has 1 fully saturated rings. The molecule has 2 heterocycles. The highest BCUT2D eigenvalue weighted by atomic mass is 19.4. The number of carbonyl (C=O) groups excluding carboxylic acids is 1. The van der Waals surface area contributed by atoms with Gasteiger partial charge >= 0.3 is 6.18 Å². The third-order valence-electron chi connectivity index (χ3n) is 5.39. The molecule has 1 saturated heterocycles. The van der Waals surface area contributed by atoms with Crippen molar-refractivity contribution in [1.82, 2.24) is 4.98 Å². The highest BCUT2D eigenvalue weighted by Crippen LogP contribution is 2.32. The number of morpholine rings is 1. The van der Waals surface area contributed by atoms with E-state index in [0.29, 0.717) is 37.4 Å². The lowest BCUT2D eigenvalue weighted by molar-refractivity contribution is -0.137. The summed E-state index contributed by atoms with van der Waals surface area (Å²) in [6, 6.07) is 12.6. The zero-order valence-corrected chi connectivity index (χ0v) is 17.5. The van der Waals surface area contributed by atoms with Crippen LogP contribution in [-0.4, -0.2) is 37.2 Å². The first-order valence-corrected chi connectivity index (χ1v) is 10.3. The normalized spacial score (nSPS) is 14.2. The number of halogens is 4. The zero-order valence-electron chi connectivity index (χ0n) is 17.5. The fourth-order valence-electron chi connectivity index (χ4n) is 3.74. The van der Waals surface area contributed by atoms with E-state index in [1.807, 2.05) is 6.07 Å². The first-order valence-electron chi connectivity index (χ1n) is 10.3. The number of amides is 1. The number of benzene rings is 2. The van der Waals surface area contributed by atoms with Gasteiger partial charge in [-0.1, -0.05) is 18.2 Å². The summed E-state index contributed by atoms with van der Waals surface area (Å²) in [5.41, 5.74) is 0.507. The molecule has 0 saturated carbocycles. The summed E-state index contributed by atoms with van der Waals surface area (Å²) >= 11 is 0. The number of carbonyl (C=O) groups is 1. The van der Waals surface area contributed by atoms with E-state index in [0.717, 1.165) is 18.0 Å². The summed E-state index contributed by atoms with van der Waals surface area (Å²) in [6.07, 6.45) is -2.91. The third-order valence-corrected chi connectivity index (χ3v) is 5.39. The topological polar surface area (TPSA) is 54.5 Å². The fraction of sp³-hybridized carbons (Fsp3) is 0.250. The summed E-state index contributed by atoms with van der Waals surface area (Å²) in [7, 11) is 0. The SMILES string of the molecule is O=C(Nc1cccc(C(F)(F)F)c1)c1cccc(-c2ccnc(N3CCOCC3)c2)c1CF. The fourth-order valence-corrected chi connectivity index (χ4v) is 3.74. The summed E-state index contributed by atoms with van der Waals surface area (Å²) < 4.78 is 58.4. The van der Waals surface area contributed by atoms with Crippen LogP contribution in [0.15, 0.2) is 60.8 Å². The van der Waals surface area contributed by atoms with Gasteiger partial charge in [-0.2, -0.15) is 13.2 Å². The van der Waals surface area contributed by atoms with Crippen molar-refractivity contribution in [1.29, 1.82) is 0 Å². The van der Waals surface area contributed by atoms with Crippen molar-refractivity contribution >= 4 is 17.4 Å². The lowest BCUT2D eigenvalue weighted by Gasteiger charge is -2.28. The minimum Gasteiger partial charge on any atom is -0.378 e. The predicted octanol–water partition coefficient (Wildman–Crippen LogP) is 5.33. The van der Waals surface area contributed by atoms with Crippen molar-refractivity contribution in [2.24, 2.45) is 0 Å². The molecule has 9 heteroatoms. The zero-order chi connectivity index (χ0) is 23.4. The number of aromatic nitrogens is 1. The molecule has 1 aliphatic rings. The lowest BCUT2D eigenvalue weighted by atomic mass is 9.96. The van der Waals surface area contributed by atoms with E-state index < -0.39 is 24.3 Å². The number of nitrogens with zero attached hydrogens (tertiary/aromatic N) is 2. The number of ether oxygens (including phenoxy) is 1. The average molecular weight is 459 g/mol. The molecule has 2 aromatic carbocycles. The third kappa shape index (κ3) is 5.14. The van der Waals surface area contributed by atoms with E-state index in [4.69, 9.17) is 4.74 Å². The summed E-state index contributed by atoms with van der Waals surface area (Å²) in [5, 5.41) is 2.45. The molecule has 0 unspecified atom stereocenters. The molecule has 1 N–H and O–H groups in total. The molecular weight excluding hydrogens is 438 g/mol. The van der Waals surface area contributed by atoms with Crippen LogP contribution >= 0.6 is 0 Å². The molecule has 1 amide bonds. The Morgan fingerprint density at radius 2 is 1.82 bits per heavy atom. The lowest BCUT2D eigenvalue weighted by Crippen LogP contribution is -2.36. The number of anilines is 2. The maximum absolute atomic E-state index is 14.1. The van der Waals surface area contributed by atoms with Crippen LogP contribution < -0.4 is 10.2 Å². The number of hydrogen-bond donors (Lipinski definition) is 1. The highest BCUT2D eigenvalue weighted by molar-refractivity contribution is 6.06. The molecule has 33 heavy (non-hydrogen) atoms. The molecular formula is C24H21F4N3O2. The van der Waals surface area contributed by atoms with Crippen LogP contribution in [0, 0.1) is 0 Å². The van der Waals surface area contributed by atoms with E-state index in [1.54, 1.807) is 24.4 Å². The number of alkyl halides is 4. The Kier molecular flexibility index (Phi) is 6.60. The second-order valence-corrected chi connectivity index (χ2v) is 7.50. The number of rotatable bonds is 5. The van der Waals surface area contributed by atoms with Gasteiger partial charge in [0.05, 0.1) is 18.8 Å². The van der Waals surface area contributed by atoms with Crippen molar-refractivity contribution in [3.8, 4) is 11.1 Å². The minimum absolute atomic E-state index is 0.0245. The Bertz CT molecular complexity index is 1140. The molecule has 1 aliphatic heterocycles. The van der Waals surface area contributed by atoms with Crippen LogP contribution in [0.5, 0.6) is 0 Å². The monoisotopic (exact) mass is 459 g/mol. The van der Waals surface area contributed by atoms with Crippen LogP contribution in [0.3, 0.4) is 0 Å². The van der Waals surface area contributed by atoms with Gasteiger partial charge in [0.1, 0.15) is 12.5 Å². The van der Waals surface area contributed by atoms with Crippen LogP contribution in [0.2, 0.25) is 0 Å². The van der Waals surface area contributed by atoms with E-state index >= 15 is 0 Å². The number of pyridine rings is 1. The molecule has 172 valence electrons. The molecule has 0 aliphatic carbocycles. The van der Waals surface area contributed by atoms with E-state index in [9.17, 15) is 22.4 Å². The molecule has 4 rings (SSSR count). The van der Waals surface area contributed by atoms with Crippen molar-refractivity contribution in [3.05, 3.63) is 77.5 Å². The van der Waals surface area contributed by atoms with Gasteiger partial charge in [0, 0.05) is 36.1 Å². The Morgan fingerprint density at radius 3 is 2.55 bits per heavy atom. The number of nitrogens with one attached hydrogen (secondary N) is 1. The van der Waals surface area contributed by atoms with E-state index in [2.05, 4.69) is 15.2 Å². The quantitative estimate of drug-likeness (QED) is 0.525. The number of hydrogen-bond acceptors (Lipinski definition) is 4. The molecule has 0 bridgehead atoms. The van der Waals surface area contributed by atoms with Gasteiger partial charge in [-0.25, -0.2) is 9.37 Å². The Hall–Kier alpha value is -3.46. The van der Waals surface area contributed by atoms with Crippen LogP contribution in [0.4, 0.5) is 29.1 Å². The molecule has 5 nitrogen and oxygen atoms in total. The second-order valence-electron chi connectivity index (χ2n) is 7.50. The largest absolute Gasteiger partial charge is 0.416 e. The van der Waals surface area contributed by atoms with Gasteiger partial charge in [0.25, 0.3) is 5.91 Å². The van der Waals surface area contributed by atoms with Crippen molar-refractivity contribution in [2.75, 3.05) is 36.5 Å². The van der Waals surface area contributed by atoms with Gasteiger partial charge in [-0.05, 0) is 47.5 Å². The van der Waals surface area contributed by atoms with Crippen molar-refractivity contribution in [2.45, 2.75) is 12.9 Å². The second kappa shape index (κ2) is 9.58. The molecule has 0 spiro atoms. The Morgan fingerprint density at radius 1 is 1.06 bits per heavy atom. The van der Waals surface area contributed by atoms with Crippen LogP contribution in [-0.2, 0) is 17.6 Å². The van der Waals surface area contributed by atoms with Crippen LogP contribution in [0.1, 0.15) is 21.5 Å². The Balaban J connectivity index is 1.64.